The molecule has 0 radical (unpaired) electrons. The first-order chi connectivity index (χ1) is 12.5. The van der Waals surface area contributed by atoms with Crippen LogP contribution in [0.3, 0.4) is 0 Å². The summed E-state index contributed by atoms with van der Waals surface area (Å²) >= 11 is 0. The van der Waals surface area contributed by atoms with Gasteiger partial charge in [0.05, 0.1) is 7.11 Å². The molecule has 0 saturated carbocycles. The first-order valence-electron chi connectivity index (χ1n) is 8.70. The van der Waals surface area contributed by atoms with Crippen molar-refractivity contribution in [1.29, 1.82) is 0 Å². The highest BCUT2D eigenvalue weighted by Crippen LogP contribution is 2.23. The van der Waals surface area contributed by atoms with Crippen molar-refractivity contribution >= 4 is 17.4 Å². The summed E-state index contributed by atoms with van der Waals surface area (Å²) in [4.78, 5) is 16.6. The van der Waals surface area contributed by atoms with Crippen LogP contribution in [0.2, 0.25) is 0 Å². The first kappa shape index (κ1) is 18.0. The third kappa shape index (κ3) is 3.90. The molecule has 1 N–H and O–H groups in total. The van der Waals surface area contributed by atoms with Crippen molar-refractivity contribution in [2.45, 2.75) is 19.9 Å². The smallest absolute Gasteiger partial charge is 0.321 e. The highest BCUT2D eigenvalue weighted by molar-refractivity contribution is 5.89. The Kier molecular flexibility index (Phi) is 5.30. The fourth-order valence-electron chi connectivity index (χ4n) is 3.28. The standard InChI is InChI=1S/C20H24FN3O2/c1-14-5-4-6-17(11-14)24-10-9-23(13-15(24)2)20(25)22-16-7-8-19(26-3)18(21)12-16/h4-8,11-12,15H,9-10,13H2,1-3H3,(H,22,25). The summed E-state index contributed by atoms with van der Waals surface area (Å²) in [5, 5.41) is 2.76. The van der Waals surface area contributed by atoms with Gasteiger partial charge in [-0.15, -0.1) is 0 Å². The molecule has 138 valence electrons. The molecule has 5 nitrogen and oxygen atoms in total. The molecule has 3 rings (SSSR count). The van der Waals surface area contributed by atoms with E-state index in [1.165, 1.54) is 30.5 Å². The number of carbonyl (C=O) groups excluding carboxylic acids is 1. The van der Waals surface area contributed by atoms with Gasteiger partial charge in [-0.2, -0.15) is 0 Å². The number of urea groups is 1. The van der Waals surface area contributed by atoms with Gasteiger partial charge in [-0.25, -0.2) is 9.18 Å². The van der Waals surface area contributed by atoms with Crippen LogP contribution in [0.1, 0.15) is 12.5 Å². The van der Waals surface area contributed by atoms with Crippen LogP contribution < -0.4 is 15.0 Å². The summed E-state index contributed by atoms with van der Waals surface area (Å²) in [6, 6.07) is 12.8. The molecule has 1 atom stereocenters. The van der Waals surface area contributed by atoms with Gasteiger partial charge < -0.3 is 19.9 Å². The molecule has 1 heterocycles. The van der Waals surface area contributed by atoms with Gasteiger partial charge in [-0.1, -0.05) is 12.1 Å². The van der Waals surface area contributed by atoms with Crippen LogP contribution in [0.25, 0.3) is 0 Å². The Morgan fingerprint density at radius 3 is 2.69 bits per heavy atom. The summed E-state index contributed by atoms with van der Waals surface area (Å²) in [6.07, 6.45) is 0. The van der Waals surface area contributed by atoms with Crippen molar-refractivity contribution in [3.63, 3.8) is 0 Å². The first-order valence-corrected chi connectivity index (χ1v) is 8.70. The second-order valence-electron chi connectivity index (χ2n) is 6.61. The lowest BCUT2D eigenvalue weighted by molar-refractivity contribution is 0.200. The number of aryl methyl sites for hydroxylation is 1. The Hall–Kier alpha value is -2.76. The number of anilines is 2. The second kappa shape index (κ2) is 7.64. The minimum Gasteiger partial charge on any atom is -0.494 e. The van der Waals surface area contributed by atoms with Crippen molar-refractivity contribution < 1.29 is 13.9 Å². The molecule has 0 spiro atoms. The molecule has 1 unspecified atom stereocenters. The average molecular weight is 357 g/mol. The molecule has 0 bridgehead atoms. The van der Waals surface area contributed by atoms with Crippen LogP contribution >= 0.6 is 0 Å². The van der Waals surface area contributed by atoms with E-state index in [0.717, 1.165) is 6.54 Å². The lowest BCUT2D eigenvalue weighted by Gasteiger charge is -2.41. The van der Waals surface area contributed by atoms with Crippen molar-refractivity contribution in [1.82, 2.24) is 4.90 Å². The number of benzene rings is 2. The zero-order valence-corrected chi connectivity index (χ0v) is 15.3. The van der Waals surface area contributed by atoms with Crippen LogP contribution in [-0.2, 0) is 0 Å². The number of hydrogen-bond acceptors (Lipinski definition) is 3. The molecule has 1 aliphatic rings. The van der Waals surface area contributed by atoms with Crippen LogP contribution in [0.5, 0.6) is 5.75 Å². The monoisotopic (exact) mass is 357 g/mol. The van der Waals surface area contributed by atoms with Gasteiger partial charge >= 0.3 is 6.03 Å². The number of piperazine rings is 1. The van der Waals surface area contributed by atoms with E-state index in [2.05, 4.69) is 48.3 Å². The Balaban J connectivity index is 1.63. The highest BCUT2D eigenvalue weighted by Gasteiger charge is 2.27. The molecule has 0 aromatic heterocycles. The highest BCUT2D eigenvalue weighted by atomic mass is 19.1. The largest absolute Gasteiger partial charge is 0.494 e. The number of carbonyl (C=O) groups is 1. The Morgan fingerprint density at radius 2 is 2.04 bits per heavy atom. The quantitative estimate of drug-likeness (QED) is 0.907. The van der Waals surface area contributed by atoms with Gasteiger partial charge in [0.1, 0.15) is 0 Å². The molecular formula is C20H24FN3O2. The van der Waals surface area contributed by atoms with Gasteiger partial charge in [0.2, 0.25) is 0 Å². The number of halogens is 1. The SMILES string of the molecule is COc1ccc(NC(=O)N2CCN(c3cccc(C)c3)C(C)C2)cc1F. The molecule has 2 aromatic carbocycles. The van der Waals surface area contributed by atoms with Gasteiger partial charge in [-0.05, 0) is 43.7 Å². The predicted octanol–water partition coefficient (Wildman–Crippen LogP) is 3.89. The summed E-state index contributed by atoms with van der Waals surface area (Å²) in [7, 11) is 1.41. The normalized spacial score (nSPS) is 17.2. The number of nitrogens with zero attached hydrogens (tertiary/aromatic N) is 2. The molecule has 26 heavy (non-hydrogen) atoms. The van der Waals surface area contributed by atoms with Gasteiger partial charge in [0.25, 0.3) is 0 Å². The third-order valence-corrected chi connectivity index (χ3v) is 4.65. The number of hydrogen-bond donors (Lipinski definition) is 1. The van der Waals surface area contributed by atoms with Crippen molar-refractivity contribution in [3.05, 3.63) is 53.8 Å². The molecule has 6 heteroatoms. The van der Waals surface area contributed by atoms with Crippen molar-refractivity contribution in [2.24, 2.45) is 0 Å². The fraction of sp³-hybridized carbons (Fsp3) is 0.350. The van der Waals surface area contributed by atoms with Gasteiger partial charge in [-0.3, -0.25) is 0 Å². The van der Waals surface area contributed by atoms with Crippen LogP contribution in [0.4, 0.5) is 20.6 Å². The minimum absolute atomic E-state index is 0.156. The molecule has 1 saturated heterocycles. The molecule has 1 fully saturated rings. The zero-order valence-electron chi connectivity index (χ0n) is 15.3. The predicted molar refractivity (Wildman–Crippen MR) is 102 cm³/mol. The Labute approximate surface area is 153 Å². The van der Waals surface area contributed by atoms with E-state index >= 15 is 0 Å². The maximum Gasteiger partial charge on any atom is 0.321 e. The summed E-state index contributed by atoms with van der Waals surface area (Å²) in [5.74, 6) is -0.341. The lowest BCUT2D eigenvalue weighted by Crippen LogP contribution is -2.54. The Bertz CT molecular complexity index is 796. The topological polar surface area (TPSA) is 44.8 Å². The number of nitrogens with one attached hydrogen (secondary N) is 1. The number of ether oxygens (including phenoxy) is 1. The van der Waals surface area contributed by atoms with E-state index in [4.69, 9.17) is 4.74 Å². The van der Waals surface area contributed by atoms with E-state index in [9.17, 15) is 9.18 Å². The summed E-state index contributed by atoms with van der Waals surface area (Å²) in [5.41, 5.74) is 2.81. The maximum atomic E-state index is 13.8. The fourth-order valence-corrected chi connectivity index (χ4v) is 3.28. The lowest BCUT2D eigenvalue weighted by atomic mass is 10.1. The molecule has 2 amide bonds. The molecular weight excluding hydrogens is 333 g/mol. The van der Waals surface area contributed by atoms with E-state index < -0.39 is 5.82 Å². The number of amides is 2. The van der Waals surface area contributed by atoms with Crippen LogP contribution in [-0.4, -0.2) is 43.7 Å². The van der Waals surface area contributed by atoms with Gasteiger partial charge in [0.15, 0.2) is 11.6 Å². The minimum atomic E-state index is -0.497. The van der Waals surface area contributed by atoms with Crippen molar-refractivity contribution in [2.75, 3.05) is 37.0 Å². The second-order valence-corrected chi connectivity index (χ2v) is 6.61. The van der Waals surface area contributed by atoms with Crippen molar-refractivity contribution in [3.8, 4) is 5.75 Å². The van der Waals surface area contributed by atoms with E-state index in [1.807, 2.05) is 0 Å². The van der Waals surface area contributed by atoms with Crippen LogP contribution in [0, 0.1) is 12.7 Å². The molecule has 0 aliphatic carbocycles. The average Bonchev–Trinajstić information content (AvgIpc) is 2.61. The van der Waals surface area contributed by atoms with E-state index in [-0.39, 0.29) is 17.8 Å². The third-order valence-electron chi connectivity index (χ3n) is 4.65. The maximum absolute atomic E-state index is 13.8. The number of methoxy groups -OCH3 is 1. The van der Waals surface area contributed by atoms with Gasteiger partial charge in [0, 0.05) is 43.1 Å². The van der Waals surface area contributed by atoms with E-state index in [1.54, 1.807) is 11.0 Å². The Morgan fingerprint density at radius 1 is 1.23 bits per heavy atom. The molecule has 2 aromatic rings. The summed E-state index contributed by atoms with van der Waals surface area (Å²) in [6.45, 7) is 6.16. The van der Waals surface area contributed by atoms with E-state index in [0.29, 0.717) is 18.8 Å². The van der Waals surface area contributed by atoms with Crippen LogP contribution in [0.15, 0.2) is 42.5 Å². The number of rotatable bonds is 3. The molecule has 1 aliphatic heterocycles. The summed E-state index contributed by atoms with van der Waals surface area (Å²) < 4.78 is 18.7. The zero-order chi connectivity index (χ0) is 18.7.